The molecule has 0 N–H and O–H groups in total. The van der Waals surface area contributed by atoms with Crippen LogP contribution < -0.4 is 0 Å². The topological polar surface area (TPSA) is 63.0 Å². The maximum absolute atomic E-state index is 13.0. The average molecular weight is 372 g/mol. The van der Waals surface area contributed by atoms with Gasteiger partial charge in [0.1, 0.15) is 17.7 Å². The summed E-state index contributed by atoms with van der Waals surface area (Å²) in [7, 11) is 0. The molecular formula is C20H21FN2O4. The number of carbonyl (C=O) groups excluding carboxylic acids is 2. The first-order chi connectivity index (χ1) is 13.0. The number of furan rings is 1. The molecule has 2 aliphatic rings. The SMILES string of the molecule is Cc1occc1C(=O)N1C[C@H]2OC(=O)N(CCCc3ccc(F)cc3)[C@H]2C1. The molecule has 0 saturated carbocycles. The predicted octanol–water partition coefficient (Wildman–Crippen LogP) is 3.01. The van der Waals surface area contributed by atoms with E-state index in [2.05, 4.69) is 0 Å². The standard InChI is InChI=1S/C20H21FN2O4/c1-13-16(8-10-26-13)19(24)22-11-17-18(12-22)27-20(25)23(17)9-2-3-14-4-6-15(21)7-5-14/h4-8,10,17-18H,2-3,9,11-12H2,1H3/t17-,18+/m0/s1. The Morgan fingerprint density at radius 1 is 1.22 bits per heavy atom. The highest BCUT2D eigenvalue weighted by atomic mass is 19.1. The summed E-state index contributed by atoms with van der Waals surface area (Å²) in [5.74, 6) is 0.233. The number of amides is 2. The minimum Gasteiger partial charge on any atom is -0.469 e. The van der Waals surface area contributed by atoms with Crippen LogP contribution in [0.25, 0.3) is 0 Å². The number of carbonyl (C=O) groups is 2. The van der Waals surface area contributed by atoms with E-state index in [1.54, 1.807) is 34.9 Å². The Hall–Kier alpha value is -2.83. The molecule has 0 unspecified atom stereocenters. The Morgan fingerprint density at radius 2 is 2.00 bits per heavy atom. The van der Waals surface area contributed by atoms with Gasteiger partial charge in [-0.05, 0) is 43.5 Å². The van der Waals surface area contributed by atoms with Gasteiger partial charge in [0.15, 0.2) is 0 Å². The van der Waals surface area contributed by atoms with Gasteiger partial charge >= 0.3 is 6.09 Å². The molecule has 2 saturated heterocycles. The van der Waals surface area contributed by atoms with Crippen molar-refractivity contribution in [2.24, 2.45) is 0 Å². The summed E-state index contributed by atoms with van der Waals surface area (Å²) in [6.45, 7) is 3.15. The Labute approximate surface area is 156 Å². The highest BCUT2D eigenvalue weighted by Crippen LogP contribution is 2.28. The molecule has 6 nitrogen and oxygen atoms in total. The Morgan fingerprint density at radius 3 is 2.70 bits per heavy atom. The molecule has 0 bridgehead atoms. The van der Waals surface area contributed by atoms with Gasteiger partial charge in [-0.3, -0.25) is 9.69 Å². The number of hydrogen-bond donors (Lipinski definition) is 0. The fourth-order valence-corrected chi connectivity index (χ4v) is 3.81. The maximum atomic E-state index is 13.0. The van der Waals surface area contributed by atoms with Crippen LogP contribution >= 0.6 is 0 Å². The second-order valence-electron chi connectivity index (χ2n) is 7.01. The van der Waals surface area contributed by atoms with E-state index in [0.717, 1.165) is 18.4 Å². The van der Waals surface area contributed by atoms with Gasteiger partial charge in [0.25, 0.3) is 5.91 Å². The van der Waals surface area contributed by atoms with Crippen molar-refractivity contribution in [1.82, 2.24) is 9.80 Å². The van der Waals surface area contributed by atoms with Gasteiger partial charge in [0.2, 0.25) is 0 Å². The molecule has 0 radical (unpaired) electrons. The van der Waals surface area contributed by atoms with E-state index in [0.29, 0.717) is 31.0 Å². The third-order valence-corrected chi connectivity index (χ3v) is 5.28. The lowest BCUT2D eigenvalue weighted by Crippen LogP contribution is -2.39. The Bertz CT molecular complexity index is 848. The van der Waals surface area contributed by atoms with Gasteiger partial charge in [-0.2, -0.15) is 0 Å². The lowest BCUT2D eigenvalue weighted by molar-refractivity contribution is 0.0726. The van der Waals surface area contributed by atoms with Crippen LogP contribution in [0.4, 0.5) is 9.18 Å². The number of rotatable bonds is 5. The highest BCUT2D eigenvalue weighted by Gasteiger charge is 2.48. The van der Waals surface area contributed by atoms with Gasteiger partial charge in [-0.25, -0.2) is 9.18 Å². The molecule has 0 spiro atoms. The quantitative estimate of drug-likeness (QED) is 0.809. The fraction of sp³-hybridized carbons (Fsp3) is 0.400. The minimum absolute atomic E-state index is 0.0991. The van der Waals surface area contributed by atoms with Crippen molar-refractivity contribution in [3.05, 3.63) is 59.3 Å². The van der Waals surface area contributed by atoms with E-state index in [9.17, 15) is 14.0 Å². The Kier molecular flexibility index (Phi) is 4.59. The predicted molar refractivity (Wildman–Crippen MR) is 94.8 cm³/mol. The largest absolute Gasteiger partial charge is 0.469 e. The van der Waals surface area contributed by atoms with Gasteiger partial charge in [0.05, 0.1) is 24.4 Å². The fourth-order valence-electron chi connectivity index (χ4n) is 3.81. The monoisotopic (exact) mass is 372 g/mol. The third kappa shape index (κ3) is 3.41. The molecule has 0 aliphatic carbocycles. The molecule has 2 fully saturated rings. The van der Waals surface area contributed by atoms with Crippen LogP contribution in [0.3, 0.4) is 0 Å². The van der Waals surface area contributed by atoms with E-state index in [4.69, 9.17) is 9.15 Å². The van der Waals surface area contributed by atoms with Crippen molar-refractivity contribution < 1.29 is 23.1 Å². The summed E-state index contributed by atoms with van der Waals surface area (Å²) in [6, 6.07) is 7.93. The zero-order valence-corrected chi connectivity index (χ0v) is 15.1. The van der Waals surface area contributed by atoms with Crippen molar-refractivity contribution in [3.8, 4) is 0 Å². The summed E-state index contributed by atoms with van der Waals surface area (Å²) in [4.78, 5) is 28.2. The first kappa shape index (κ1) is 17.6. The molecule has 1 aromatic carbocycles. The molecule has 2 atom stereocenters. The number of fused-ring (bicyclic) bond motifs is 1. The first-order valence-corrected chi connectivity index (χ1v) is 9.08. The number of ether oxygens (including phenoxy) is 1. The summed E-state index contributed by atoms with van der Waals surface area (Å²) in [6.07, 6.45) is 2.38. The van der Waals surface area contributed by atoms with Crippen LogP contribution in [-0.4, -0.2) is 53.6 Å². The average Bonchev–Trinajstić information content (AvgIpc) is 3.32. The highest BCUT2D eigenvalue weighted by molar-refractivity contribution is 5.95. The summed E-state index contributed by atoms with van der Waals surface area (Å²) in [5.41, 5.74) is 1.57. The van der Waals surface area contributed by atoms with Gasteiger partial charge in [-0.15, -0.1) is 0 Å². The minimum atomic E-state index is -0.323. The number of halogens is 1. The first-order valence-electron chi connectivity index (χ1n) is 9.08. The molecule has 2 aliphatic heterocycles. The van der Waals surface area contributed by atoms with Crippen molar-refractivity contribution >= 4 is 12.0 Å². The van der Waals surface area contributed by atoms with E-state index in [1.807, 2.05) is 0 Å². The van der Waals surface area contributed by atoms with Crippen LogP contribution in [0.2, 0.25) is 0 Å². The van der Waals surface area contributed by atoms with E-state index >= 15 is 0 Å². The lowest BCUT2D eigenvalue weighted by Gasteiger charge is -2.22. The molecule has 3 heterocycles. The second kappa shape index (κ2) is 7.06. The van der Waals surface area contributed by atoms with Crippen LogP contribution in [-0.2, 0) is 11.2 Å². The summed E-state index contributed by atoms with van der Waals surface area (Å²) < 4.78 is 23.7. The summed E-state index contributed by atoms with van der Waals surface area (Å²) in [5, 5.41) is 0. The van der Waals surface area contributed by atoms with Gasteiger partial charge in [0, 0.05) is 13.1 Å². The van der Waals surface area contributed by atoms with E-state index in [1.165, 1.54) is 18.4 Å². The van der Waals surface area contributed by atoms with Crippen molar-refractivity contribution in [2.45, 2.75) is 31.9 Å². The molecule has 4 rings (SSSR count). The van der Waals surface area contributed by atoms with E-state index in [-0.39, 0.29) is 30.0 Å². The number of likely N-dealkylation sites (tertiary alicyclic amines) is 1. The number of nitrogens with zero attached hydrogens (tertiary/aromatic N) is 2. The van der Waals surface area contributed by atoms with Crippen molar-refractivity contribution in [1.29, 1.82) is 0 Å². The van der Waals surface area contributed by atoms with Crippen LogP contribution in [0.5, 0.6) is 0 Å². The van der Waals surface area contributed by atoms with Crippen LogP contribution in [0.15, 0.2) is 41.0 Å². The molecule has 142 valence electrons. The molecular weight excluding hydrogens is 351 g/mol. The second-order valence-corrected chi connectivity index (χ2v) is 7.01. The van der Waals surface area contributed by atoms with Gasteiger partial charge in [-0.1, -0.05) is 12.1 Å². The number of hydrogen-bond acceptors (Lipinski definition) is 4. The Balaban J connectivity index is 1.36. The van der Waals surface area contributed by atoms with E-state index < -0.39 is 0 Å². The molecule has 7 heteroatoms. The van der Waals surface area contributed by atoms with Gasteiger partial charge < -0.3 is 14.1 Å². The van der Waals surface area contributed by atoms with Crippen molar-refractivity contribution in [2.75, 3.05) is 19.6 Å². The smallest absolute Gasteiger partial charge is 0.410 e. The van der Waals surface area contributed by atoms with Crippen LogP contribution in [0.1, 0.15) is 28.1 Å². The van der Waals surface area contributed by atoms with Crippen LogP contribution in [0, 0.1) is 12.7 Å². The molecule has 2 amide bonds. The zero-order valence-electron chi connectivity index (χ0n) is 15.1. The normalized spacial score (nSPS) is 21.5. The molecule has 1 aromatic heterocycles. The lowest BCUT2D eigenvalue weighted by atomic mass is 10.1. The number of aryl methyl sites for hydroxylation is 2. The number of benzene rings is 1. The molecule has 2 aromatic rings. The summed E-state index contributed by atoms with van der Waals surface area (Å²) >= 11 is 0. The maximum Gasteiger partial charge on any atom is 0.410 e. The third-order valence-electron chi connectivity index (χ3n) is 5.28. The molecule has 27 heavy (non-hydrogen) atoms. The van der Waals surface area contributed by atoms with Crippen molar-refractivity contribution in [3.63, 3.8) is 0 Å². The zero-order chi connectivity index (χ0) is 19.0.